The smallest absolute Gasteiger partial charge is 0.191 e. The van der Waals surface area contributed by atoms with E-state index in [4.69, 9.17) is 77.4 Å². The van der Waals surface area contributed by atoms with Crippen molar-refractivity contribution in [1.82, 2.24) is 74.9 Å². The highest BCUT2D eigenvalue weighted by molar-refractivity contribution is 7.99. The molecule has 6 saturated carbocycles. The van der Waals surface area contributed by atoms with E-state index < -0.39 is 383 Å². The number of hydrogen-bond donors (Lipinski definition) is 12. The maximum absolute atomic E-state index is 15.0. The van der Waals surface area contributed by atoms with E-state index in [0.717, 1.165) is 41.5 Å². The van der Waals surface area contributed by atoms with E-state index in [-0.39, 0.29) is 60.5 Å². The molecule has 6 heterocycles. The van der Waals surface area contributed by atoms with Crippen molar-refractivity contribution in [2.75, 3.05) is 72.6 Å². The number of anilines is 3. The number of nitrogens with zero attached hydrogens (tertiary/aromatic N) is 15. The van der Waals surface area contributed by atoms with Crippen LogP contribution in [0.3, 0.4) is 0 Å². The highest BCUT2D eigenvalue weighted by Crippen LogP contribution is 2.48. The average Bonchev–Trinajstić information content (AvgIpc) is 1.47. The summed E-state index contributed by atoms with van der Waals surface area (Å²) in [4.78, 5) is 23.9. The second-order valence-electron chi connectivity index (χ2n) is 21.8. The van der Waals surface area contributed by atoms with Crippen LogP contribution < -0.4 is 16.0 Å². The van der Waals surface area contributed by atoms with E-state index in [1.807, 2.05) is 0 Å². The summed E-state index contributed by atoms with van der Waals surface area (Å²) in [6.07, 6.45) is -62.4. The van der Waals surface area contributed by atoms with Gasteiger partial charge in [0.15, 0.2) is 66.4 Å². The third-order valence-corrected chi connectivity index (χ3v) is 16.8. The molecule has 0 amide bonds. The number of aliphatic hydroxyl groups is 9. The minimum absolute atomic E-state index is 0.00183. The summed E-state index contributed by atoms with van der Waals surface area (Å²) in [5.41, 5.74) is -17.5. The first kappa shape index (κ1) is 36.6. The zero-order valence-electron chi connectivity index (χ0n) is 109. The van der Waals surface area contributed by atoms with Gasteiger partial charge in [0.1, 0.15) is 53.9 Å². The summed E-state index contributed by atoms with van der Waals surface area (Å²) < 4.78 is 502. The molecular formula is C72H93F3N18O12S3. The molecule has 3 aromatic carbocycles. The van der Waals surface area contributed by atoms with Gasteiger partial charge < -0.3 is 76.1 Å². The van der Waals surface area contributed by atoms with E-state index in [2.05, 4.69) is 86.3 Å². The Hall–Kier alpha value is -7.14. The minimum Gasteiger partial charge on any atom is -0.394 e. The monoisotopic (exact) mass is 1610 g/mol. The number of nitrogens with one attached hydrogen (secondary N) is 3. The van der Waals surface area contributed by atoms with Gasteiger partial charge >= 0.3 is 0 Å². The van der Waals surface area contributed by atoms with Crippen molar-refractivity contribution in [2.24, 2.45) is 0 Å². The van der Waals surface area contributed by atoms with Crippen LogP contribution in [0.15, 0.2) is 69.9 Å². The molecule has 582 valence electrons. The number of aliphatic hydroxyl groups excluding tert-OH is 2. The molecule has 0 unspecified atom stereocenters. The third-order valence-electron chi connectivity index (χ3n) is 14.7. The Labute approximate surface area is 707 Å². The predicted molar refractivity (Wildman–Crippen MR) is 398 cm³/mol. The van der Waals surface area contributed by atoms with Crippen molar-refractivity contribution in [1.29, 1.82) is 0 Å². The number of fused-ring (bicyclic) bond motifs is 3. The second kappa shape index (κ2) is 35.1. The summed E-state index contributed by atoms with van der Waals surface area (Å²) in [7, 11) is 0. The molecule has 6 aromatic heterocycles. The SMILES string of the molecule is [2H]c1c([2H])c([C@]2([2H])C([2H])([2H])[C@@]2([2H])Nc2nc(SC([2H])([2H])C([2H])([2H])C)nc3c2nnn3[C@]2([2H])C([2H])([2H])[C@]([2H])(OCCO)[C@@]([2H])(O)[C@@]2([2H])O)c([2H])c(F)c1C.[2H]c1c([2H])c([C@]2([2H])C[C@@]2([2H])Nc2nc(SC([2H])([2H])C([2H])([2H])C)nc3c2nnn3[C@]2([2H])C([2H])([2H])[C@]([2H])(OC([2H])([2H])C([2H])([2H])O)[C@@]([2H])(O)[C@@]2([2H])O)c([2H])c(F)c1C.[2H]c1c([2H])c([C@]2([2H])C[C@@]2([2H])Nc2nc(SC([2H])([2H])C([2H])([2H])C)nc3c2nnn3[C@]2([2H])C([2H])([2H])[C@]([2H])(OC([2H])([2H])CO)[C@@]([2H])(O)[C@@]2([2H])O)c([2H])c(F)c1C. The summed E-state index contributed by atoms with van der Waals surface area (Å²) in [6, 6.07) is -27.4. The number of rotatable bonds is 30. The Kier molecular flexibility index (Phi) is 11.9. The first-order valence-electron chi connectivity index (χ1n) is 57.2. The van der Waals surface area contributed by atoms with Gasteiger partial charge in [-0.2, -0.15) is 0 Å². The lowest BCUT2D eigenvalue weighted by atomic mass is 10.1. The maximum Gasteiger partial charge on any atom is 0.191 e. The number of ether oxygens (including phenoxy) is 3. The van der Waals surface area contributed by atoms with Crippen LogP contribution in [-0.4, -0.2) is 250 Å². The molecule has 36 heteroatoms. The van der Waals surface area contributed by atoms with E-state index in [1.54, 1.807) is 0 Å². The van der Waals surface area contributed by atoms with Gasteiger partial charge in [0.05, 0.1) is 117 Å². The lowest BCUT2D eigenvalue weighted by Crippen LogP contribution is -2.33. The second-order valence-corrected chi connectivity index (χ2v) is 24.1. The predicted octanol–water partition coefficient (Wildman–Crippen LogP) is 6.55. The van der Waals surface area contributed by atoms with Crippen molar-refractivity contribution >= 4 is 86.2 Å². The number of thioether (sulfide) groups is 3. The van der Waals surface area contributed by atoms with E-state index >= 15 is 0 Å². The standard InChI is InChI=1S/3C24H31FN6O4S/c3*1-3-8-36-24-27-22(26-16-10-14(16)13-5-4-12(2)15(25)9-13)19-23(28-24)31(30-29-19)17-11-18(35-7-6-32)21(34)20(17)33/h3*4-5,9,14,16-18,20-21,32-34H,3,6-8,10-11H2,1-2H3,(H,26,27,28)/t3*14-,16+,17+,18-,20-,21+/m000/s1/i3D2,4D,5D,6D2,7D2,8D2,9D,11D2,14D,16D,17D,18D,20D,21D;3D2,4D,5D,8D2,9D,10D2,11D2,14D,16D,17D,18D,20D,21D;3D2,4D,5D,7D2,8D2,9D,11D2,14D,16D,17D,18D,20D,21D. The molecule has 30 nitrogen and oxygen atoms in total. The van der Waals surface area contributed by atoms with E-state index in [9.17, 15) is 59.1 Å². The molecule has 9 aromatic rings. The normalized spacial score (nSPS) is 50.1. The highest BCUT2D eigenvalue weighted by atomic mass is 32.2. The molecule has 0 bridgehead atoms. The largest absolute Gasteiger partial charge is 0.394 e. The number of aromatic nitrogens is 15. The van der Waals surface area contributed by atoms with Crippen molar-refractivity contribution in [3.63, 3.8) is 0 Å². The van der Waals surface area contributed by atoms with Gasteiger partial charge in [-0.1, -0.05) is 108 Å². The third kappa shape index (κ3) is 17.5. The molecule has 0 saturated heterocycles. The Morgan fingerprint density at radius 1 is 0.481 bits per heavy atom. The molecule has 0 radical (unpaired) electrons. The number of halogens is 3. The van der Waals surface area contributed by atoms with Crippen molar-refractivity contribution in [3.05, 3.63) is 105 Å². The fourth-order valence-electron chi connectivity index (χ4n) is 9.43. The topological polar surface area (TPSA) is 415 Å². The maximum atomic E-state index is 15.0. The summed E-state index contributed by atoms with van der Waals surface area (Å²) in [5, 5.41) is 122. The fourth-order valence-corrected chi connectivity index (χ4v) is 10.8. The quantitative estimate of drug-likeness (QED) is 0.0168. The van der Waals surface area contributed by atoms with Crippen LogP contribution in [0.1, 0.15) is 220 Å². The van der Waals surface area contributed by atoms with Crippen LogP contribution in [-0.2, 0) is 14.2 Å². The van der Waals surface area contributed by atoms with Gasteiger partial charge in [0, 0.05) is 103 Å². The lowest BCUT2D eigenvalue weighted by Gasteiger charge is -2.17. The summed E-state index contributed by atoms with van der Waals surface area (Å²) in [5.74, 6) is -13.9. The zero-order chi connectivity index (χ0) is 124. The van der Waals surface area contributed by atoms with Crippen LogP contribution in [0.4, 0.5) is 30.6 Å². The Morgan fingerprint density at radius 2 is 0.833 bits per heavy atom. The van der Waals surface area contributed by atoms with E-state index in [0.29, 0.717) is 0 Å². The van der Waals surface area contributed by atoms with Crippen molar-refractivity contribution in [2.45, 2.75) is 223 Å². The molecule has 12 N–H and O–H groups in total. The van der Waals surface area contributed by atoms with Gasteiger partial charge in [-0.05, 0) is 111 Å². The van der Waals surface area contributed by atoms with Gasteiger partial charge in [-0.3, -0.25) is 0 Å². The molecule has 6 aliphatic rings. The fraction of sp³-hybridized carbons (Fsp3) is 0.583. The first-order chi connectivity index (χ1) is 71.8. The molecule has 18 atom stereocenters. The van der Waals surface area contributed by atoms with Crippen LogP contribution in [0.5, 0.6) is 0 Å². The van der Waals surface area contributed by atoms with Gasteiger partial charge in [-0.15, -0.1) is 15.3 Å². The Morgan fingerprint density at radius 3 is 1.19 bits per heavy atom. The Bertz CT molecular complexity index is 7410. The zero-order valence-corrected chi connectivity index (χ0v) is 58.3. The van der Waals surface area contributed by atoms with Gasteiger partial charge in [0.25, 0.3) is 0 Å². The molecule has 6 aliphatic carbocycles. The van der Waals surface area contributed by atoms with Crippen LogP contribution in [0.2, 0.25) is 0 Å². The van der Waals surface area contributed by atoms with E-state index in [1.165, 1.54) is 0 Å². The lowest BCUT2D eigenvalue weighted by molar-refractivity contribution is -0.0629. The van der Waals surface area contributed by atoms with Crippen LogP contribution in [0, 0.1) is 38.2 Å². The van der Waals surface area contributed by atoms with Gasteiger partial charge in [-0.25, -0.2) is 57.1 Å². The van der Waals surface area contributed by atoms with Crippen molar-refractivity contribution < 1.29 is 146 Å². The molecule has 0 aliphatic heterocycles. The number of benzene rings is 3. The van der Waals surface area contributed by atoms with Crippen LogP contribution in [0.25, 0.3) is 33.5 Å². The first-order valence-corrected chi connectivity index (χ1v) is 33.2. The molecule has 0 spiro atoms. The Balaban J connectivity index is 0.000000199. The molecule has 15 rings (SSSR count). The van der Waals surface area contributed by atoms with Crippen molar-refractivity contribution in [3.8, 4) is 0 Å². The van der Waals surface area contributed by atoms with Crippen LogP contribution >= 0.6 is 35.3 Å². The highest BCUT2D eigenvalue weighted by Gasteiger charge is 2.49. The molecular weight excluding hydrogens is 1460 g/mol. The summed E-state index contributed by atoms with van der Waals surface area (Å²) >= 11 is -0.105. The summed E-state index contributed by atoms with van der Waals surface area (Å²) in [6.45, 7) is -9.19. The number of hydrogen-bond acceptors (Lipinski definition) is 30. The average molecular weight is 1610 g/mol. The van der Waals surface area contributed by atoms with Gasteiger partial charge in [0.2, 0.25) is 0 Å². The molecule has 6 fully saturated rings. The molecule has 108 heavy (non-hydrogen) atoms. The minimum atomic E-state index is -4.48.